The molecule has 1 fully saturated rings. The van der Waals surface area contributed by atoms with Crippen LogP contribution in [0.15, 0.2) is 52.4 Å². The summed E-state index contributed by atoms with van der Waals surface area (Å²) in [6.07, 6.45) is 2.90. The Morgan fingerprint density at radius 2 is 1.86 bits per heavy atom. The minimum absolute atomic E-state index is 0.0545. The number of aliphatic imine (C=N–C) groups is 1. The van der Waals surface area contributed by atoms with Gasteiger partial charge in [-0.15, -0.1) is 0 Å². The van der Waals surface area contributed by atoms with Crippen molar-refractivity contribution >= 4 is 34.6 Å². The highest BCUT2D eigenvalue weighted by Gasteiger charge is 2.30. The fourth-order valence-electron chi connectivity index (χ4n) is 2.84. The van der Waals surface area contributed by atoms with Crippen LogP contribution in [0.1, 0.15) is 31.9 Å². The van der Waals surface area contributed by atoms with Gasteiger partial charge in [0.1, 0.15) is 0 Å². The van der Waals surface area contributed by atoms with Crippen LogP contribution in [0.4, 0.5) is 5.69 Å². The van der Waals surface area contributed by atoms with E-state index in [-0.39, 0.29) is 12.0 Å². The Morgan fingerprint density at radius 1 is 1.14 bits per heavy atom. The van der Waals surface area contributed by atoms with Crippen LogP contribution in [0, 0.1) is 0 Å². The predicted molar refractivity (Wildman–Crippen MR) is 120 cm³/mol. The topological polar surface area (TPSA) is 51.1 Å². The van der Waals surface area contributed by atoms with Crippen LogP contribution >= 0.6 is 11.8 Å². The molecule has 6 heteroatoms. The summed E-state index contributed by atoms with van der Waals surface area (Å²) in [5, 5.41) is 0.664. The van der Waals surface area contributed by atoms with E-state index >= 15 is 0 Å². The molecule has 0 atom stereocenters. The summed E-state index contributed by atoms with van der Waals surface area (Å²) in [6, 6.07) is 13.7. The lowest BCUT2D eigenvalue weighted by molar-refractivity contribution is -0.121. The molecule has 152 valence electrons. The normalized spacial score (nSPS) is 16.9. The lowest BCUT2D eigenvalue weighted by atomic mass is 10.1. The van der Waals surface area contributed by atoms with Gasteiger partial charge in [-0.25, -0.2) is 4.99 Å². The van der Waals surface area contributed by atoms with Crippen LogP contribution in [0.3, 0.4) is 0 Å². The number of hydrogen-bond acceptors (Lipinski definition) is 5. The molecule has 0 saturated carbocycles. The third-order valence-corrected chi connectivity index (χ3v) is 5.48. The third-order valence-electron chi connectivity index (χ3n) is 4.42. The average Bonchev–Trinajstić information content (AvgIpc) is 2.97. The number of nitrogens with zero attached hydrogens (tertiary/aromatic N) is 2. The van der Waals surface area contributed by atoms with E-state index in [1.165, 1.54) is 17.3 Å². The second-order valence-electron chi connectivity index (χ2n) is 6.97. The zero-order valence-electron chi connectivity index (χ0n) is 17.4. The predicted octanol–water partition coefficient (Wildman–Crippen LogP) is 5.28. The average molecular weight is 411 g/mol. The molecular formula is C23H26N2O3S. The fraction of sp³-hybridized carbons (Fsp3) is 0.304. The minimum Gasteiger partial charge on any atom is -0.493 e. The summed E-state index contributed by atoms with van der Waals surface area (Å²) in [6.45, 7) is 6.05. The number of likely N-dealkylation sites (N-methyl/N-ethyl adjacent to an activating group) is 1. The highest BCUT2D eigenvalue weighted by Crippen LogP contribution is 2.35. The van der Waals surface area contributed by atoms with Crippen LogP contribution in [-0.2, 0) is 11.2 Å². The summed E-state index contributed by atoms with van der Waals surface area (Å²) < 4.78 is 11.2. The first-order valence-corrected chi connectivity index (χ1v) is 10.4. The summed E-state index contributed by atoms with van der Waals surface area (Å²) >= 11 is 1.37. The molecule has 0 unspecified atom stereocenters. The first-order valence-electron chi connectivity index (χ1n) is 9.61. The van der Waals surface area contributed by atoms with E-state index in [9.17, 15) is 4.79 Å². The van der Waals surface area contributed by atoms with Crippen LogP contribution < -0.4 is 9.47 Å². The van der Waals surface area contributed by atoms with E-state index in [1.54, 1.807) is 19.1 Å². The molecule has 0 aliphatic carbocycles. The molecule has 29 heavy (non-hydrogen) atoms. The second kappa shape index (κ2) is 9.18. The van der Waals surface area contributed by atoms with Gasteiger partial charge in [-0.3, -0.25) is 9.69 Å². The Balaban J connectivity index is 1.84. The molecule has 1 aliphatic heterocycles. The van der Waals surface area contributed by atoms with Gasteiger partial charge in [-0.2, -0.15) is 0 Å². The molecule has 1 saturated heterocycles. The number of carbonyl (C=O) groups is 1. The zero-order chi connectivity index (χ0) is 21.0. The number of methoxy groups -OCH3 is 1. The highest BCUT2D eigenvalue weighted by molar-refractivity contribution is 8.18. The quantitative estimate of drug-likeness (QED) is 0.608. The number of carbonyl (C=O) groups excluding carboxylic acids is 1. The van der Waals surface area contributed by atoms with Crippen molar-refractivity contribution < 1.29 is 14.3 Å². The summed E-state index contributed by atoms with van der Waals surface area (Å²) in [5.41, 5.74) is 2.97. The van der Waals surface area contributed by atoms with Gasteiger partial charge in [0.2, 0.25) is 0 Å². The number of hydrogen-bond donors (Lipinski definition) is 0. The number of benzene rings is 2. The molecule has 1 aliphatic rings. The van der Waals surface area contributed by atoms with E-state index in [1.807, 2.05) is 50.3 Å². The lowest BCUT2D eigenvalue weighted by Gasteiger charge is -2.13. The van der Waals surface area contributed by atoms with Crippen molar-refractivity contribution in [1.82, 2.24) is 4.90 Å². The molecule has 0 spiro atoms. The molecule has 3 rings (SSSR count). The molecule has 2 aromatic rings. The first-order chi connectivity index (χ1) is 13.9. The molecule has 1 heterocycles. The van der Waals surface area contributed by atoms with Crippen LogP contribution in [0.25, 0.3) is 6.08 Å². The maximum absolute atomic E-state index is 12.7. The fourth-order valence-corrected chi connectivity index (χ4v) is 3.83. The van der Waals surface area contributed by atoms with Crippen LogP contribution in [0.2, 0.25) is 0 Å². The molecule has 1 amide bonds. The van der Waals surface area contributed by atoms with Gasteiger partial charge in [0, 0.05) is 7.05 Å². The van der Waals surface area contributed by atoms with Gasteiger partial charge in [0.15, 0.2) is 16.7 Å². The Labute approximate surface area is 176 Å². The number of aryl methyl sites for hydroxylation is 1. The third kappa shape index (κ3) is 5.01. The number of amidine groups is 1. The lowest BCUT2D eigenvalue weighted by Crippen LogP contribution is -2.23. The molecule has 0 radical (unpaired) electrons. The summed E-state index contributed by atoms with van der Waals surface area (Å²) in [7, 11) is 3.35. The van der Waals surface area contributed by atoms with Crippen molar-refractivity contribution in [2.75, 3.05) is 14.2 Å². The minimum atomic E-state index is -0.0691. The maximum Gasteiger partial charge on any atom is 0.266 e. The van der Waals surface area contributed by atoms with E-state index in [0.717, 1.165) is 17.7 Å². The Morgan fingerprint density at radius 3 is 2.48 bits per heavy atom. The van der Waals surface area contributed by atoms with Gasteiger partial charge < -0.3 is 9.47 Å². The van der Waals surface area contributed by atoms with Crippen LogP contribution in [-0.4, -0.2) is 36.2 Å². The van der Waals surface area contributed by atoms with Gasteiger partial charge in [0.05, 0.1) is 23.8 Å². The zero-order valence-corrected chi connectivity index (χ0v) is 18.2. The molecule has 0 bridgehead atoms. The van der Waals surface area contributed by atoms with Crippen molar-refractivity contribution in [3.05, 3.63) is 58.5 Å². The Bertz CT molecular complexity index is 949. The van der Waals surface area contributed by atoms with Crippen molar-refractivity contribution in [3.8, 4) is 11.5 Å². The Hall–Kier alpha value is -2.73. The van der Waals surface area contributed by atoms with Crippen LogP contribution in [0.5, 0.6) is 11.5 Å². The van der Waals surface area contributed by atoms with Crippen molar-refractivity contribution in [3.63, 3.8) is 0 Å². The van der Waals surface area contributed by atoms with Gasteiger partial charge >= 0.3 is 0 Å². The molecule has 0 aromatic heterocycles. The number of ether oxygens (including phenoxy) is 2. The Kier molecular flexibility index (Phi) is 6.64. The van der Waals surface area contributed by atoms with Gasteiger partial charge in [-0.05, 0) is 73.5 Å². The highest BCUT2D eigenvalue weighted by atomic mass is 32.2. The van der Waals surface area contributed by atoms with E-state index in [0.29, 0.717) is 21.6 Å². The molecule has 0 N–H and O–H groups in total. The first kappa shape index (κ1) is 21.0. The van der Waals surface area contributed by atoms with Crippen molar-refractivity contribution in [2.24, 2.45) is 4.99 Å². The maximum atomic E-state index is 12.7. The summed E-state index contributed by atoms with van der Waals surface area (Å²) in [4.78, 5) is 19.5. The van der Waals surface area contributed by atoms with E-state index in [2.05, 4.69) is 24.0 Å². The molecule has 5 nitrogen and oxygen atoms in total. The number of thioether (sulfide) groups is 1. The van der Waals surface area contributed by atoms with E-state index in [4.69, 9.17) is 9.47 Å². The standard InChI is InChI=1S/C23H26N2O3S/c1-6-16-7-10-18(11-8-16)24-23-25(4)22(26)21(29-23)14-17-9-12-19(28-15(2)3)20(13-17)27-5/h7-15H,6H2,1-5H3/b21-14+,24-23?. The van der Waals surface area contributed by atoms with Crippen molar-refractivity contribution in [2.45, 2.75) is 33.3 Å². The van der Waals surface area contributed by atoms with Gasteiger partial charge in [-0.1, -0.05) is 25.1 Å². The second-order valence-corrected chi connectivity index (χ2v) is 7.98. The largest absolute Gasteiger partial charge is 0.493 e. The smallest absolute Gasteiger partial charge is 0.266 e. The monoisotopic (exact) mass is 410 g/mol. The van der Waals surface area contributed by atoms with Crippen molar-refractivity contribution in [1.29, 1.82) is 0 Å². The van der Waals surface area contributed by atoms with E-state index < -0.39 is 0 Å². The molecular weight excluding hydrogens is 384 g/mol. The SMILES string of the molecule is CCc1ccc(N=C2S/C(=C/c3ccc(OC(C)C)c(OC)c3)C(=O)N2C)cc1. The summed E-state index contributed by atoms with van der Waals surface area (Å²) in [5.74, 6) is 1.26. The molecule has 2 aromatic carbocycles. The number of amides is 1. The number of rotatable bonds is 6. The van der Waals surface area contributed by atoms with Gasteiger partial charge in [0.25, 0.3) is 5.91 Å².